The highest BCUT2D eigenvalue weighted by atomic mass is 79.9. The van der Waals surface area contributed by atoms with Crippen LogP contribution in [-0.2, 0) is 0 Å². The monoisotopic (exact) mass is 440 g/mol. The van der Waals surface area contributed by atoms with Crippen molar-refractivity contribution in [1.82, 2.24) is 15.1 Å². The number of hydrogen-bond donors (Lipinski definition) is 1. The van der Waals surface area contributed by atoms with Gasteiger partial charge in [0.15, 0.2) is 0 Å². The lowest BCUT2D eigenvalue weighted by atomic mass is 10.1. The van der Waals surface area contributed by atoms with Crippen molar-refractivity contribution >= 4 is 39.1 Å². The first kappa shape index (κ1) is 18.6. The van der Waals surface area contributed by atoms with Gasteiger partial charge in [0.1, 0.15) is 6.10 Å². The minimum absolute atomic E-state index is 0.0655. The summed E-state index contributed by atoms with van der Waals surface area (Å²) >= 11 is 4.97. The van der Waals surface area contributed by atoms with Gasteiger partial charge in [0.05, 0.1) is 14.4 Å². The molecule has 8 nitrogen and oxygen atoms in total. The molecule has 1 fully saturated rings. The van der Waals surface area contributed by atoms with Crippen LogP contribution in [0.3, 0.4) is 0 Å². The number of hydrogen-bond acceptors (Lipinski definition) is 7. The lowest BCUT2D eigenvalue weighted by molar-refractivity contribution is 0.0863. The maximum absolute atomic E-state index is 10.9. The van der Waals surface area contributed by atoms with Crippen LogP contribution in [0.5, 0.6) is 11.8 Å². The molecule has 0 radical (unpaired) electrons. The van der Waals surface area contributed by atoms with Crippen molar-refractivity contribution in [2.24, 2.45) is 5.16 Å². The number of carboxylic acid groups (broad SMARTS) is 1. The van der Waals surface area contributed by atoms with Crippen molar-refractivity contribution in [2.45, 2.75) is 25.9 Å². The first-order valence-electron chi connectivity index (χ1n) is 7.97. The van der Waals surface area contributed by atoms with Gasteiger partial charge in [-0.3, -0.25) is 0 Å². The molecule has 0 aliphatic carbocycles. The van der Waals surface area contributed by atoms with Crippen LogP contribution >= 0.6 is 27.3 Å². The molecule has 0 bridgehead atoms. The molecule has 138 valence electrons. The molecule has 1 N–H and O–H groups in total. The van der Waals surface area contributed by atoms with Crippen LogP contribution in [0.4, 0.5) is 4.79 Å². The number of likely N-dealkylation sites (tertiary alicyclic amines) is 1. The second-order valence-electron chi connectivity index (χ2n) is 5.67. The van der Waals surface area contributed by atoms with Crippen LogP contribution < -0.4 is 9.57 Å². The molecule has 1 amide bonds. The summed E-state index contributed by atoms with van der Waals surface area (Å²) in [5, 5.41) is 20.9. The lowest BCUT2D eigenvalue weighted by Crippen LogP contribution is -2.41. The summed E-state index contributed by atoms with van der Waals surface area (Å²) in [6.45, 7) is 2.77. The number of amides is 1. The highest BCUT2D eigenvalue weighted by Gasteiger charge is 2.23. The van der Waals surface area contributed by atoms with E-state index >= 15 is 0 Å². The fraction of sp³-hybridized carbons (Fsp3) is 0.375. The SMILES string of the molecule is CC(=NOc1ccc(OC2CCN(C(=O)O)CC2)nn1)c1ccc(Br)s1. The maximum atomic E-state index is 10.9. The van der Waals surface area contributed by atoms with E-state index in [-0.39, 0.29) is 12.0 Å². The number of aromatic nitrogens is 2. The number of carbonyl (C=O) groups is 1. The summed E-state index contributed by atoms with van der Waals surface area (Å²) in [4.78, 5) is 18.6. The Morgan fingerprint density at radius 3 is 2.54 bits per heavy atom. The standard InChI is InChI=1S/C16H17BrN4O4S/c1-10(12-2-3-13(17)26-12)20-25-15-5-4-14(18-19-15)24-11-6-8-21(9-7-11)16(22)23/h2-5,11H,6-9H2,1H3,(H,22,23). The molecule has 0 spiro atoms. The Bertz CT molecular complexity index is 788. The molecule has 26 heavy (non-hydrogen) atoms. The first-order valence-corrected chi connectivity index (χ1v) is 9.58. The fourth-order valence-corrected chi connectivity index (χ4v) is 3.75. The van der Waals surface area contributed by atoms with Crippen molar-refractivity contribution in [3.63, 3.8) is 0 Å². The highest BCUT2D eigenvalue weighted by molar-refractivity contribution is 9.11. The minimum Gasteiger partial charge on any atom is -0.473 e. The van der Waals surface area contributed by atoms with Gasteiger partial charge in [-0.1, -0.05) is 5.16 Å². The molecular weight excluding hydrogens is 424 g/mol. The van der Waals surface area contributed by atoms with Gasteiger partial charge in [0.2, 0.25) is 5.88 Å². The Hall–Kier alpha value is -2.20. The van der Waals surface area contributed by atoms with Crippen molar-refractivity contribution in [3.8, 4) is 11.8 Å². The van der Waals surface area contributed by atoms with E-state index in [1.807, 2.05) is 19.1 Å². The van der Waals surface area contributed by atoms with Gasteiger partial charge >= 0.3 is 6.09 Å². The third-order valence-electron chi connectivity index (χ3n) is 3.82. The molecule has 1 aliphatic rings. The zero-order valence-electron chi connectivity index (χ0n) is 14.0. The zero-order valence-corrected chi connectivity index (χ0v) is 16.4. The topological polar surface area (TPSA) is 97.1 Å². The number of rotatable bonds is 5. The zero-order chi connectivity index (χ0) is 18.5. The van der Waals surface area contributed by atoms with Crippen LogP contribution in [-0.4, -0.2) is 51.2 Å². The molecule has 0 aromatic carbocycles. The molecule has 0 saturated carbocycles. The van der Waals surface area contributed by atoms with Crippen molar-refractivity contribution in [2.75, 3.05) is 13.1 Å². The summed E-state index contributed by atoms with van der Waals surface area (Å²) in [5.74, 6) is 0.655. The normalized spacial score (nSPS) is 15.8. The van der Waals surface area contributed by atoms with E-state index in [2.05, 4.69) is 31.3 Å². The second-order valence-corrected chi connectivity index (χ2v) is 8.13. The van der Waals surface area contributed by atoms with Crippen LogP contribution in [0, 0.1) is 0 Å². The molecule has 0 unspecified atom stereocenters. The molecular formula is C16H17BrN4O4S. The molecule has 2 aromatic rings. The Kier molecular flexibility index (Phi) is 6.04. The molecule has 1 saturated heterocycles. The van der Waals surface area contributed by atoms with E-state index in [1.54, 1.807) is 23.5 Å². The van der Waals surface area contributed by atoms with Gasteiger partial charge in [0, 0.05) is 38.1 Å². The van der Waals surface area contributed by atoms with Crippen LogP contribution in [0.2, 0.25) is 0 Å². The molecule has 10 heteroatoms. The van der Waals surface area contributed by atoms with Crippen LogP contribution in [0.15, 0.2) is 33.2 Å². The Morgan fingerprint density at radius 2 is 1.96 bits per heavy atom. The molecule has 0 atom stereocenters. The van der Waals surface area contributed by atoms with E-state index in [0.717, 1.165) is 14.4 Å². The highest BCUT2D eigenvalue weighted by Crippen LogP contribution is 2.23. The van der Waals surface area contributed by atoms with Crippen LogP contribution in [0.1, 0.15) is 24.6 Å². The predicted octanol–water partition coefficient (Wildman–Crippen LogP) is 3.62. The van der Waals surface area contributed by atoms with E-state index < -0.39 is 6.09 Å². The quantitative estimate of drug-likeness (QED) is 0.562. The third kappa shape index (κ3) is 4.92. The number of halogens is 1. The van der Waals surface area contributed by atoms with Crippen molar-refractivity contribution in [3.05, 3.63) is 32.9 Å². The average Bonchev–Trinajstić information content (AvgIpc) is 3.08. The van der Waals surface area contributed by atoms with E-state index in [1.165, 1.54) is 4.90 Å². The largest absolute Gasteiger partial charge is 0.473 e. The predicted molar refractivity (Wildman–Crippen MR) is 100 cm³/mol. The van der Waals surface area contributed by atoms with Crippen molar-refractivity contribution in [1.29, 1.82) is 0 Å². The summed E-state index contributed by atoms with van der Waals surface area (Å²) in [6, 6.07) is 7.20. The van der Waals surface area contributed by atoms with E-state index in [0.29, 0.717) is 31.8 Å². The molecule has 2 aromatic heterocycles. The van der Waals surface area contributed by atoms with Gasteiger partial charge in [-0.2, -0.15) is 0 Å². The average molecular weight is 441 g/mol. The molecule has 3 heterocycles. The first-order chi connectivity index (χ1) is 12.5. The fourth-order valence-electron chi connectivity index (χ4n) is 2.42. The summed E-state index contributed by atoms with van der Waals surface area (Å²) in [7, 11) is 0. The number of thiophene rings is 1. The van der Waals surface area contributed by atoms with Gasteiger partial charge in [-0.15, -0.1) is 21.5 Å². The third-order valence-corrected chi connectivity index (χ3v) is 5.55. The van der Waals surface area contributed by atoms with Crippen molar-refractivity contribution < 1.29 is 19.5 Å². The number of oxime groups is 1. The van der Waals surface area contributed by atoms with Gasteiger partial charge in [0.25, 0.3) is 5.88 Å². The summed E-state index contributed by atoms with van der Waals surface area (Å²) in [6.07, 6.45) is 0.303. The molecule has 3 rings (SSSR count). The van der Waals surface area contributed by atoms with Gasteiger partial charge in [-0.25, -0.2) is 4.79 Å². The molecule has 1 aliphatic heterocycles. The Labute approximate surface area is 162 Å². The minimum atomic E-state index is -0.893. The number of ether oxygens (including phenoxy) is 1. The lowest BCUT2D eigenvalue weighted by Gasteiger charge is -2.29. The summed E-state index contributed by atoms with van der Waals surface area (Å²) in [5.41, 5.74) is 0.744. The second kappa shape index (κ2) is 8.45. The number of nitrogens with zero attached hydrogens (tertiary/aromatic N) is 4. The van der Waals surface area contributed by atoms with E-state index in [4.69, 9.17) is 14.7 Å². The van der Waals surface area contributed by atoms with Gasteiger partial charge < -0.3 is 19.6 Å². The number of piperidine rings is 1. The Balaban J connectivity index is 1.51. The van der Waals surface area contributed by atoms with Gasteiger partial charge in [-0.05, 0) is 35.0 Å². The maximum Gasteiger partial charge on any atom is 0.407 e. The van der Waals surface area contributed by atoms with Crippen LogP contribution in [0.25, 0.3) is 0 Å². The summed E-state index contributed by atoms with van der Waals surface area (Å²) < 4.78 is 6.77. The Morgan fingerprint density at radius 1 is 1.27 bits per heavy atom. The smallest absolute Gasteiger partial charge is 0.407 e. The van der Waals surface area contributed by atoms with E-state index in [9.17, 15) is 4.79 Å².